The monoisotopic (exact) mass is 356 g/mol. The van der Waals surface area contributed by atoms with Crippen molar-refractivity contribution in [3.8, 4) is 0 Å². The number of unbranched alkanes of at least 4 members (excludes halogenated alkanes) is 5. The van der Waals surface area contributed by atoms with Gasteiger partial charge in [0.1, 0.15) is 0 Å². The second-order valence-electron chi connectivity index (χ2n) is 7.41. The van der Waals surface area contributed by atoms with Gasteiger partial charge in [-0.25, -0.2) is 0 Å². The van der Waals surface area contributed by atoms with Crippen molar-refractivity contribution in [2.45, 2.75) is 95.9 Å². The van der Waals surface area contributed by atoms with Gasteiger partial charge in [0.15, 0.2) is 0 Å². The van der Waals surface area contributed by atoms with Gasteiger partial charge >= 0.3 is 5.97 Å². The molecule has 0 heterocycles. The molecule has 1 saturated carbocycles. The van der Waals surface area contributed by atoms with E-state index in [0.29, 0.717) is 12.8 Å². The Morgan fingerprint density at radius 3 is 2.48 bits per heavy atom. The Morgan fingerprint density at radius 1 is 1.08 bits per heavy atom. The lowest BCUT2D eigenvalue weighted by Gasteiger charge is -2.21. The van der Waals surface area contributed by atoms with E-state index in [1.54, 1.807) is 6.08 Å². The van der Waals surface area contributed by atoms with Crippen molar-refractivity contribution in [3.05, 3.63) is 12.2 Å². The first-order chi connectivity index (χ1) is 12.0. The summed E-state index contributed by atoms with van der Waals surface area (Å²) in [7, 11) is 0. The molecule has 0 spiro atoms. The second kappa shape index (κ2) is 12.4. The van der Waals surface area contributed by atoms with E-state index in [1.165, 1.54) is 0 Å². The van der Waals surface area contributed by atoms with Crippen LogP contribution in [0.4, 0.5) is 0 Å². The number of hydrogen-bond donors (Lipinski definition) is 4. The van der Waals surface area contributed by atoms with Crippen molar-refractivity contribution in [1.82, 2.24) is 0 Å². The minimum absolute atomic E-state index is 0.0218. The molecule has 0 aromatic rings. The first kappa shape index (κ1) is 22.1. The van der Waals surface area contributed by atoms with Gasteiger partial charge in [-0.15, -0.1) is 0 Å². The molecule has 5 nitrogen and oxygen atoms in total. The number of aliphatic hydroxyl groups excluding tert-OH is 3. The van der Waals surface area contributed by atoms with Gasteiger partial charge < -0.3 is 20.4 Å². The molecular formula is C20H36O5. The highest BCUT2D eigenvalue weighted by atomic mass is 16.4. The van der Waals surface area contributed by atoms with Crippen molar-refractivity contribution in [3.63, 3.8) is 0 Å². The van der Waals surface area contributed by atoms with Gasteiger partial charge in [-0.05, 0) is 25.2 Å². The average Bonchev–Trinajstić information content (AvgIpc) is 2.82. The Bertz CT molecular complexity index is 396. The summed E-state index contributed by atoms with van der Waals surface area (Å²) in [5, 5.41) is 39.0. The number of carboxylic acids is 1. The summed E-state index contributed by atoms with van der Waals surface area (Å²) in [5.74, 6) is -0.833. The minimum atomic E-state index is -0.753. The molecule has 1 aliphatic rings. The molecule has 0 aromatic carbocycles. The largest absolute Gasteiger partial charge is 0.481 e. The Kier molecular flexibility index (Phi) is 11.0. The van der Waals surface area contributed by atoms with Crippen LogP contribution >= 0.6 is 0 Å². The smallest absolute Gasteiger partial charge is 0.303 e. The maximum absolute atomic E-state index is 10.5. The van der Waals surface area contributed by atoms with Crippen LogP contribution in [0.15, 0.2) is 12.2 Å². The molecule has 5 heteroatoms. The first-order valence-electron chi connectivity index (χ1n) is 9.90. The van der Waals surface area contributed by atoms with Gasteiger partial charge in [-0.1, -0.05) is 57.6 Å². The van der Waals surface area contributed by atoms with E-state index < -0.39 is 24.3 Å². The van der Waals surface area contributed by atoms with Gasteiger partial charge in [0.25, 0.3) is 0 Å². The standard InChI is InChI=1S/C20H36O5/c1-2-3-6-9-15(21)12-13-17-16(18(22)14-19(17)23)10-7-4-5-8-11-20(24)25/h12-13,15-19,21-23H,2-11,14H2,1H3,(H,24,25)/t15-,16-,17-,18-,19+/m1/s1. The van der Waals surface area contributed by atoms with Crippen molar-refractivity contribution in [2.75, 3.05) is 0 Å². The molecule has 146 valence electrons. The maximum atomic E-state index is 10.5. The maximum Gasteiger partial charge on any atom is 0.303 e. The highest BCUT2D eigenvalue weighted by Gasteiger charge is 2.39. The Labute approximate surface area is 151 Å². The molecule has 0 radical (unpaired) electrons. The third kappa shape index (κ3) is 8.84. The van der Waals surface area contributed by atoms with Gasteiger partial charge in [0, 0.05) is 18.8 Å². The van der Waals surface area contributed by atoms with Crippen LogP contribution in [0.3, 0.4) is 0 Å². The summed E-state index contributed by atoms with van der Waals surface area (Å²) in [5.41, 5.74) is 0. The lowest BCUT2D eigenvalue weighted by Crippen LogP contribution is -2.21. The molecule has 0 saturated heterocycles. The normalized spacial score (nSPS) is 27.8. The summed E-state index contributed by atoms with van der Waals surface area (Å²) >= 11 is 0. The fourth-order valence-corrected chi connectivity index (χ4v) is 3.74. The highest BCUT2D eigenvalue weighted by Crippen LogP contribution is 2.37. The molecular weight excluding hydrogens is 320 g/mol. The zero-order chi connectivity index (χ0) is 18.7. The van der Waals surface area contributed by atoms with Crippen LogP contribution in [0.2, 0.25) is 0 Å². The van der Waals surface area contributed by atoms with Gasteiger partial charge in [0.05, 0.1) is 18.3 Å². The van der Waals surface area contributed by atoms with Gasteiger partial charge in [-0.2, -0.15) is 0 Å². The van der Waals surface area contributed by atoms with Gasteiger partial charge in [-0.3, -0.25) is 4.79 Å². The lowest BCUT2D eigenvalue weighted by atomic mass is 9.88. The summed E-state index contributed by atoms with van der Waals surface area (Å²) in [4.78, 5) is 10.5. The number of rotatable bonds is 13. The van der Waals surface area contributed by atoms with Crippen LogP contribution in [0, 0.1) is 11.8 Å². The average molecular weight is 357 g/mol. The minimum Gasteiger partial charge on any atom is -0.481 e. The molecule has 1 aliphatic carbocycles. The van der Waals surface area contributed by atoms with Crippen molar-refractivity contribution in [1.29, 1.82) is 0 Å². The Hall–Kier alpha value is -0.910. The third-order valence-electron chi connectivity index (χ3n) is 5.25. The third-order valence-corrected chi connectivity index (χ3v) is 5.25. The SMILES string of the molecule is CCCCC[C@@H](O)C=C[C@@H]1[C@@H](CCCCCCC(=O)O)[C@H](O)C[C@@H]1O. The van der Waals surface area contributed by atoms with Crippen molar-refractivity contribution < 1.29 is 25.2 Å². The van der Waals surface area contributed by atoms with E-state index in [0.717, 1.165) is 51.4 Å². The fourth-order valence-electron chi connectivity index (χ4n) is 3.74. The number of aliphatic carboxylic acids is 1. The molecule has 1 rings (SSSR count). The number of carbonyl (C=O) groups is 1. The van der Waals surface area contributed by atoms with Crippen LogP contribution in [-0.2, 0) is 4.79 Å². The topological polar surface area (TPSA) is 98.0 Å². The molecule has 0 amide bonds. The summed E-state index contributed by atoms with van der Waals surface area (Å²) < 4.78 is 0. The zero-order valence-corrected chi connectivity index (χ0v) is 15.5. The van der Waals surface area contributed by atoms with Crippen molar-refractivity contribution >= 4 is 5.97 Å². The molecule has 1 fully saturated rings. The predicted octanol–water partition coefficient (Wildman–Crippen LogP) is 3.27. The summed E-state index contributed by atoms with van der Waals surface area (Å²) in [6.45, 7) is 2.13. The van der Waals surface area contributed by atoms with Crippen LogP contribution in [-0.4, -0.2) is 44.7 Å². The Morgan fingerprint density at radius 2 is 1.80 bits per heavy atom. The molecule has 4 N–H and O–H groups in total. The summed E-state index contributed by atoms with van der Waals surface area (Å²) in [6.07, 6.45) is 11.0. The molecule has 0 aliphatic heterocycles. The van der Waals surface area contributed by atoms with Crippen LogP contribution < -0.4 is 0 Å². The van der Waals surface area contributed by atoms with Crippen molar-refractivity contribution in [2.24, 2.45) is 11.8 Å². The predicted molar refractivity (Wildman–Crippen MR) is 98.2 cm³/mol. The van der Waals surface area contributed by atoms with E-state index in [9.17, 15) is 20.1 Å². The molecule has 0 unspecified atom stereocenters. The van der Waals surface area contributed by atoms with Crippen LogP contribution in [0.1, 0.15) is 77.6 Å². The van der Waals surface area contributed by atoms with Gasteiger partial charge in [0.2, 0.25) is 0 Å². The second-order valence-corrected chi connectivity index (χ2v) is 7.41. The first-order valence-corrected chi connectivity index (χ1v) is 9.90. The molecule has 0 bridgehead atoms. The van der Waals surface area contributed by atoms with E-state index in [4.69, 9.17) is 5.11 Å². The van der Waals surface area contributed by atoms with E-state index in [1.807, 2.05) is 6.08 Å². The van der Waals surface area contributed by atoms with Crippen LogP contribution in [0.25, 0.3) is 0 Å². The van der Waals surface area contributed by atoms with E-state index in [-0.39, 0.29) is 18.3 Å². The molecule has 0 aromatic heterocycles. The number of carboxylic acid groups (broad SMARTS) is 1. The fraction of sp³-hybridized carbons (Fsp3) is 0.850. The molecule has 5 atom stereocenters. The quantitative estimate of drug-likeness (QED) is 0.300. The van der Waals surface area contributed by atoms with E-state index >= 15 is 0 Å². The van der Waals surface area contributed by atoms with E-state index in [2.05, 4.69) is 6.92 Å². The molecule has 25 heavy (non-hydrogen) atoms. The Balaban J connectivity index is 2.38. The summed E-state index contributed by atoms with van der Waals surface area (Å²) in [6, 6.07) is 0. The lowest BCUT2D eigenvalue weighted by molar-refractivity contribution is -0.137. The van der Waals surface area contributed by atoms with Crippen LogP contribution in [0.5, 0.6) is 0 Å². The highest BCUT2D eigenvalue weighted by molar-refractivity contribution is 5.66. The number of hydrogen-bond acceptors (Lipinski definition) is 4. The number of aliphatic hydroxyl groups is 3. The zero-order valence-electron chi connectivity index (χ0n) is 15.5.